The number of nitrogens with zero attached hydrogens (tertiary/aromatic N) is 2. The number of hydrogen-bond donors (Lipinski definition) is 1. The summed E-state index contributed by atoms with van der Waals surface area (Å²) in [6.45, 7) is 10.4. The summed E-state index contributed by atoms with van der Waals surface area (Å²) >= 11 is 5.96. The van der Waals surface area contributed by atoms with Gasteiger partial charge in [-0.25, -0.2) is 0 Å². The fourth-order valence-electron chi connectivity index (χ4n) is 3.22. The van der Waals surface area contributed by atoms with Gasteiger partial charge in [-0.1, -0.05) is 35.9 Å². The van der Waals surface area contributed by atoms with Gasteiger partial charge in [0.15, 0.2) is 0 Å². The number of piperazine rings is 1. The maximum absolute atomic E-state index is 12.5. The maximum Gasteiger partial charge on any atom is 0.246 e. The Bertz CT molecular complexity index is 830. The van der Waals surface area contributed by atoms with Crippen LogP contribution in [0.4, 0.5) is 5.69 Å². The van der Waals surface area contributed by atoms with E-state index >= 15 is 0 Å². The first-order valence-electron chi connectivity index (χ1n) is 10.1. The van der Waals surface area contributed by atoms with Crippen molar-refractivity contribution in [1.82, 2.24) is 10.2 Å². The van der Waals surface area contributed by atoms with Gasteiger partial charge in [-0.15, -0.1) is 0 Å². The molecular weight excluding hydrogens is 382 g/mol. The number of anilines is 1. The topological polar surface area (TPSA) is 35.6 Å². The molecule has 0 saturated carbocycles. The molecule has 154 valence electrons. The Labute approximate surface area is 179 Å². The highest BCUT2D eigenvalue weighted by Gasteiger charge is 2.19. The first-order chi connectivity index (χ1) is 13.8. The van der Waals surface area contributed by atoms with Crippen LogP contribution < -0.4 is 10.2 Å². The number of nitrogens with one attached hydrogen (secondary N) is 1. The molecule has 3 rings (SSSR count). The molecule has 0 aliphatic carbocycles. The van der Waals surface area contributed by atoms with E-state index in [0.29, 0.717) is 0 Å². The molecule has 2 aromatic carbocycles. The molecule has 1 aliphatic rings. The quantitative estimate of drug-likeness (QED) is 0.731. The SMILES string of the molecule is CC(C)(C)NCc1ccc(/C=C/C(=O)N2CCN(c3ccc(Cl)cc3)CC2)cc1. The Morgan fingerprint density at radius 3 is 2.21 bits per heavy atom. The van der Waals surface area contributed by atoms with Crippen molar-refractivity contribution in [3.63, 3.8) is 0 Å². The molecule has 1 N–H and O–H groups in total. The molecule has 0 spiro atoms. The van der Waals surface area contributed by atoms with E-state index in [-0.39, 0.29) is 11.4 Å². The van der Waals surface area contributed by atoms with Crippen LogP contribution in [0.3, 0.4) is 0 Å². The summed E-state index contributed by atoms with van der Waals surface area (Å²) in [6.07, 6.45) is 3.58. The van der Waals surface area contributed by atoms with E-state index in [1.54, 1.807) is 6.08 Å². The summed E-state index contributed by atoms with van der Waals surface area (Å²) in [5, 5.41) is 4.22. The Hall–Kier alpha value is -2.30. The highest BCUT2D eigenvalue weighted by atomic mass is 35.5. The van der Waals surface area contributed by atoms with Gasteiger partial charge in [0.1, 0.15) is 0 Å². The van der Waals surface area contributed by atoms with Gasteiger partial charge in [0, 0.05) is 55.0 Å². The van der Waals surface area contributed by atoms with E-state index in [1.165, 1.54) is 5.56 Å². The maximum atomic E-state index is 12.5. The normalized spacial score (nSPS) is 15.2. The molecule has 5 heteroatoms. The predicted molar refractivity (Wildman–Crippen MR) is 122 cm³/mol. The number of rotatable bonds is 5. The first kappa shape index (κ1) is 21.4. The van der Waals surface area contributed by atoms with E-state index < -0.39 is 0 Å². The molecule has 0 unspecified atom stereocenters. The van der Waals surface area contributed by atoms with Crippen molar-refractivity contribution in [2.24, 2.45) is 0 Å². The van der Waals surface area contributed by atoms with Crippen LogP contribution in [0.1, 0.15) is 31.9 Å². The van der Waals surface area contributed by atoms with Crippen LogP contribution in [0.25, 0.3) is 6.08 Å². The Morgan fingerprint density at radius 2 is 1.62 bits per heavy atom. The van der Waals surface area contributed by atoms with Gasteiger partial charge < -0.3 is 15.1 Å². The third-order valence-corrected chi connectivity index (χ3v) is 5.26. The van der Waals surface area contributed by atoms with Gasteiger partial charge in [-0.2, -0.15) is 0 Å². The van der Waals surface area contributed by atoms with Crippen molar-refractivity contribution in [2.45, 2.75) is 32.9 Å². The Kier molecular flexibility index (Phi) is 6.99. The second-order valence-corrected chi connectivity index (χ2v) is 8.90. The summed E-state index contributed by atoms with van der Waals surface area (Å²) in [5.41, 5.74) is 3.53. The second kappa shape index (κ2) is 9.47. The third-order valence-electron chi connectivity index (χ3n) is 5.00. The molecule has 1 heterocycles. The molecule has 1 amide bonds. The van der Waals surface area contributed by atoms with Crippen molar-refractivity contribution in [2.75, 3.05) is 31.1 Å². The molecule has 0 bridgehead atoms. The highest BCUT2D eigenvalue weighted by molar-refractivity contribution is 6.30. The minimum Gasteiger partial charge on any atom is -0.368 e. The zero-order chi connectivity index (χ0) is 20.9. The van der Waals surface area contributed by atoms with E-state index in [9.17, 15) is 4.79 Å². The van der Waals surface area contributed by atoms with Crippen LogP contribution in [0, 0.1) is 0 Å². The molecule has 1 aliphatic heterocycles. The molecule has 2 aromatic rings. The second-order valence-electron chi connectivity index (χ2n) is 8.47. The molecule has 1 fully saturated rings. The number of amides is 1. The van der Waals surface area contributed by atoms with Crippen LogP contribution in [-0.2, 0) is 11.3 Å². The van der Waals surface area contributed by atoms with Crippen molar-refractivity contribution in [1.29, 1.82) is 0 Å². The van der Waals surface area contributed by atoms with E-state index in [4.69, 9.17) is 11.6 Å². The summed E-state index contributed by atoms with van der Waals surface area (Å²) in [7, 11) is 0. The molecule has 0 radical (unpaired) electrons. The zero-order valence-electron chi connectivity index (χ0n) is 17.5. The van der Waals surface area contributed by atoms with Crippen LogP contribution in [0.5, 0.6) is 0 Å². The largest absolute Gasteiger partial charge is 0.368 e. The lowest BCUT2D eigenvalue weighted by Gasteiger charge is -2.35. The molecular formula is C24H30ClN3O. The fraction of sp³-hybridized carbons (Fsp3) is 0.375. The van der Waals surface area contributed by atoms with Gasteiger partial charge in [0.25, 0.3) is 0 Å². The smallest absolute Gasteiger partial charge is 0.246 e. The minimum atomic E-state index is 0.0687. The van der Waals surface area contributed by atoms with Gasteiger partial charge in [-0.3, -0.25) is 4.79 Å². The van der Waals surface area contributed by atoms with E-state index in [1.807, 2.05) is 35.2 Å². The van der Waals surface area contributed by atoms with Crippen molar-refractivity contribution in [3.05, 3.63) is 70.8 Å². The highest BCUT2D eigenvalue weighted by Crippen LogP contribution is 2.19. The summed E-state index contributed by atoms with van der Waals surface area (Å²) in [4.78, 5) is 16.7. The van der Waals surface area contributed by atoms with Gasteiger partial charge in [0.2, 0.25) is 5.91 Å². The first-order valence-corrected chi connectivity index (χ1v) is 10.5. The lowest BCUT2D eigenvalue weighted by Crippen LogP contribution is -2.48. The third kappa shape index (κ3) is 6.62. The molecule has 0 atom stereocenters. The lowest BCUT2D eigenvalue weighted by molar-refractivity contribution is -0.126. The standard InChI is InChI=1S/C24H30ClN3O/c1-24(2,3)26-18-20-6-4-19(5-7-20)8-13-23(29)28-16-14-27(15-17-28)22-11-9-21(25)10-12-22/h4-13,26H,14-18H2,1-3H3/b13-8+. The average molecular weight is 412 g/mol. The number of carbonyl (C=O) groups is 1. The Morgan fingerprint density at radius 1 is 1.00 bits per heavy atom. The molecule has 4 nitrogen and oxygen atoms in total. The van der Waals surface area contributed by atoms with E-state index in [0.717, 1.165) is 49.0 Å². The average Bonchev–Trinajstić information content (AvgIpc) is 2.71. The lowest BCUT2D eigenvalue weighted by atomic mass is 10.1. The van der Waals surface area contributed by atoms with Crippen LogP contribution in [0.2, 0.25) is 5.02 Å². The van der Waals surface area contributed by atoms with Crippen molar-refractivity contribution in [3.8, 4) is 0 Å². The predicted octanol–water partition coefficient (Wildman–Crippen LogP) is 4.59. The van der Waals surface area contributed by atoms with Crippen molar-refractivity contribution >= 4 is 29.3 Å². The van der Waals surface area contributed by atoms with Gasteiger partial charge in [-0.05, 0) is 62.2 Å². The van der Waals surface area contributed by atoms with Gasteiger partial charge in [0.05, 0.1) is 0 Å². The number of hydrogen-bond acceptors (Lipinski definition) is 3. The minimum absolute atomic E-state index is 0.0687. The summed E-state index contributed by atoms with van der Waals surface area (Å²) < 4.78 is 0. The van der Waals surface area contributed by atoms with Crippen LogP contribution in [-0.4, -0.2) is 42.5 Å². The molecule has 1 saturated heterocycles. The number of carbonyl (C=O) groups excluding carboxylic acids is 1. The van der Waals surface area contributed by atoms with Crippen LogP contribution >= 0.6 is 11.6 Å². The zero-order valence-corrected chi connectivity index (χ0v) is 18.2. The van der Waals surface area contributed by atoms with Gasteiger partial charge >= 0.3 is 0 Å². The molecule has 0 aromatic heterocycles. The number of benzene rings is 2. The van der Waals surface area contributed by atoms with Crippen LogP contribution in [0.15, 0.2) is 54.6 Å². The molecule has 29 heavy (non-hydrogen) atoms. The fourth-order valence-corrected chi connectivity index (χ4v) is 3.35. The summed E-state index contributed by atoms with van der Waals surface area (Å²) in [5.74, 6) is 0.0687. The monoisotopic (exact) mass is 411 g/mol. The van der Waals surface area contributed by atoms with Crippen molar-refractivity contribution < 1.29 is 4.79 Å². The Balaban J connectivity index is 1.49. The summed E-state index contributed by atoms with van der Waals surface area (Å²) in [6, 6.07) is 16.2. The van der Waals surface area contributed by atoms with E-state index in [2.05, 4.69) is 55.3 Å². The number of halogens is 1.